The summed E-state index contributed by atoms with van der Waals surface area (Å²) in [5.41, 5.74) is 0.819. The molecule has 3 rings (SSSR count). The van der Waals surface area contributed by atoms with Crippen LogP contribution >= 0.6 is 11.6 Å². The van der Waals surface area contributed by atoms with Crippen molar-refractivity contribution in [1.29, 1.82) is 0 Å². The van der Waals surface area contributed by atoms with Gasteiger partial charge < -0.3 is 24.2 Å². The van der Waals surface area contributed by atoms with Crippen LogP contribution in [0.2, 0.25) is 5.15 Å². The summed E-state index contributed by atoms with van der Waals surface area (Å²) in [6, 6.07) is 3.63. The van der Waals surface area contributed by atoms with Crippen LogP contribution in [0.1, 0.15) is 5.56 Å². The van der Waals surface area contributed by atoms with Crippen molar-refractivity contribution >= 4 is 23.5 Å². The number of anilines is 1. The predicted molar refractivity (Wildman–Crippen MR) is 91.8 cm³/mol. The number of aromatic nitrogens is 3. The summed E-state index contributed by atoms with van der Waals surface area (Å²) in [7, 11) is 0. The summed E-state index contributed by atoms with van der Waals surface area (Å²) in [5.74, 6) is -0.690. The van der Waals surface area contributed by atoms with Gasteiger partial charge in [0.25, 0.3) is 5.88 Å². The summed E-state index contributed by atoms with van der Waals surface area (Å²) in [6.45, 7) is 1.95. The molecule has 2 aromatic rings. The van der Waals surface area contributed by atoms with Gasteiger partial charge in [-0.05, 0) is 6.07 Å². The third kappa shape index (κ3) is 4.70. The fraction of sp³-hybridized carbons (Fsp3) is 0.375. The van der Waals surface area contributed by atoms with E-state index in [2.05, 4.69) is 15.0 Å². The van der Waals surface area contributed by atoms with Crippen LogP contribution in [0.5, 0.6) is 11.6 Å². The molecule has 0 amide bonds. The number of pyridine rings is 1. The second-order valence-electron chi connectivity index (χ2n) is 5.38. The van der Waals surface area contributed by atoms with Crippen molar-refractivity contribution in [3.05, 3.63) is 35.2 Å². The van der Waals surface area contributed by atoms with Crippen LogP contribution in [0.15, 0.2) is 24.5 Å². The molecule has 0 aliphatic carbocycles. The second-order valence-corrected chi connectivity index (χ2v) is 5.74. The number of nitrogens with zero attached hydrogens (tertiary/aromatic N) is 4. The monoisotopic (exact) mass is 380 g/mol. The fourth-order valence-corrected chi connectivity index (χ4v) is 2.50. The molecular formula is C16H17ClN4O5. The van der Waals surface area contributed by atoms with Crippen molar-refractivity contribution in [2.24, 2.45) is 0 Å². The third-order valence-corrected chi connectivity index (χ3v) is 3.77. The van der Waals surface area contributed by atoms with Crippen LogP contribution in [-0.2, 0) is 16.1 Å². The quantitative estimate of drug-likeness (QED) is 0.713. The molecule has 1 aliphatic rings. The zero-order valence-corrected chi connectivity index (χ0v) is 14.6. The summed E-state index contributed by atoms with van der Waals surface area (Å²) < 4.78 is 16.3. The van der Waals surface area contributed by atoms with Crippen molar-refractivity contribution in [2.45, 2.75) is 6.61 Å². The minimum atomic E-state index is -1.14. The number of aliphatic carboxylic acids is 1. The highest BCUT2D eigenvalue weighted by atomic mass is 35.5. The molecule has 0 atom stereocenters. The molecule has 1 fully saturated rings. The Hall–Kier alpha value is -2.65. The highest BCUT2D eigenvalue weighted by molar-refractivity contribution is 6.31. The van der Waals surface area contributed by atoms with Gasteiger partial charge in [0.1, 0.15) is 6.61 Å². The van der Waals surface area contributed by atoms with Gasteiger partial charge in [0, 0.05) is 31.0 Å². The number of carbonyl (C=O) groups is 1. The Bertz CT molecular complexity index is 756. The van der Waals surface area contributed by atoms with Gasteiger partial charge in [-0.15, -0.1) is 0 Å². The zero-order valence-electron chi connectivity index (χ0n) is 13.8. The first-order chi connectivity index (χ1) is 12.6. The van der Waals surface area contributed by atoms with E-state index in [0.717, 1.165) is 5.56 Å². The van der Waals surface area contributed by atoms with E-state index in [1.807, 2.05) is 11.0 Å². The van der Waals surface area contributed by atoms with Crippen LogP contribution in [0, 0.1) is 0 Å². The van der Waals surface area contributed by atoms with Crippen LogP contribution in [0.4, 0.5) is 5.95 Å². The summed E-state index contributed by atoms with van der Waals surface area (Å²) in [4.78, 5) is 25.3. The number of hydrogen-bond acceptors (Lipinski definition) is 8. The number of rotatable bonds is 7. The standard InChI is InChI=1S/C16H17ClN4O5/c17-14-13(25-10-12(22)23)15(26-9-11-2-1-3-18-8-11)20-16(19-14)21-4-6-24-7-5-21/h1-3,8H,4-7,9-10H2,(H,22,23). The molecule has 0 radical (unpaired) electrons. The molecule has 0 aromatic carbocycles. The van der Waals surface area contributed by atoms with Crippen LogP contribution < -0.4 is 14.4 Å². The van der Waals surface area contributed by atoms with E-state index in [4.69, 9.17) is 30.9 Å². The van der Waals surface area contributed by atoms with E-state index < -0.39 is 12.6 Å². The zero-order chi connectivity index (χ0) is 18.4. The maximum absolute atomic E-state index is 10.8. The van der Waals surface area contributed by atoms with Gasteiger partial charge in [0.15, 0.2) is 11.8 Å². The van der Waals surface area contributed by atoms with Gasteiger partial charge in [-0.3, -0.25) is 4.98 Å². The number of ether oxygens (including phenoxy) is 3. The summed E-state index contributed by atoms with van der Waals surface area (Å²) >= 11 is 6.20. The van der Waals surface area contributed by atoms with E-state index in [9.17, 15) is 4.79 Å². The maximum Gasteiger partial charge on any atom is 0.341 e. The molecule has 0 unspecified atom stereocenters. The Kier molecular flexibility index (Phi) is 6.03. The van der Waals surface area contributed by atoms with Crippen molar-refractivity contribution in [1.82, 2.24) is 15.0 Å². The number of hydrogen-bond donors (Lipinski definition) is 1. The maximum atomic E-state index is 10.8. The molecule has 3 heterocycles. The van der Waals surface area contributed by atoms with Gasteiger partial charge in [-0.1, -0.05) is 17.7 Å². The molecule has 26 heavy (non-hydrogen) atoms. The molecule has 1 saturated heterocycles. The molecule has 0 spiro atoms. The Morgan fingerprint density at radius 2 is 2.12 bits per heavy atom. The average Bonchev–Trinajstić information content (AvgIpc) is 2.66. The van der Waals surface area contributed by atoms with Gasteiger partial charge in [0.05, 0.1) is 13.2 Å². The van der Waals surface area contributed by atoms with Gasteiger partial charge in [0.2, 0.25) is 11.7 Å². The van der Waals surface area contributed by atoms with E-state index in [1.54, 1.807) is 18.5 Å². The lowest BCUT2D eigenvalue weighted by Gasteiger charge is -2.27. The number of halogens is 1. The molecule has 0 saturated carbocycles. The summed E-state index contributed by atoms with van der Waals surface area (Å²) in [6.07, 6.45) is 3.31. The van der Waals surface area contributed by atoms with Crippen molar-refractivity contribution in [3.63, 3.8) is 0 Å². The lowest BCUT2D eigenvalue weighted by atomic mass is 10.3. The van der Waals surface area contributed by atoms with Crippen molar-refractivity contribution in [2.75, 3.05) is 37.8 Å². The number of carboxylic acid groups (broad SMARTS) is 1. The average molecular weight is 381 g/mol. The lowest BCUT2D eigenvalue weighted by molar-refractivity contribution is -0.139. The van der Waals surface area contributed by atoms with E-state index in [-0.39, 0.29) is 23.4 Å². The Morgan fingerprint density at radius 3 is 2.81 bits per heavy atom. The first-order valence-corrected chi connectivity index (χ1v) is 8.28. The number of morpholine rings is 1. The van der Waals surface area contributed by atoms with Gasteiger partial charge in [-0.2, -0.15) is 9.97 Å². The molecular weight excluding hydrogens is 364 g/mol. The first kappa shape index (κ1) is 18.2. The molecule has 1 aliphatic heterocycles. The Morgan fingerprint density at radius 1 is 1.31 bits per heavy atom. The largest absolute Gasteiger partial charge is 0.479 e. The predicted octanol–water partition coefficient (Wildman–Crippen LogP) is 1.40. The molecule has 0 bridgehead atoms. The van der Waals surface area contributed by atoms with E-state index in [1.165, 1.54) is 0 Å². The van der Waals surface area contributed by atoms with E-state index >= 15 is 0 Å². The van der Waals surface area contributed by atoms with Gasteiger partial charge >= 0.3 is 5.97 Å². The van der Waals surface area contributed by atoms with Gasteiger partial charge in [-0.25, -0.2) is 4.79 Å². The number of carboxylic acids is 1. The van der Waals surface area contributed by atoms with E-state index in [0.29, 0.717) is 32.3 Å². The minimum absolute atomic E-state index is 0.00466. The lowest BCUT2D eigenvalue weighted by Crippen LogP contribution is -2.37. The van der Waals surface area contributed by atoms with Crippen LogP contribution in [0.25, 0.3) is 0 Å². The Labute approximate surface area is 154 Å². The molecule has 10 heteroatoms. The normalized spacial score (nSPS) is 14.1. The fourth-order valence-electron chi connectivity index (χ4n) is 2.29. The van der Waals surface area contributed by atoms with Crippen LogP contribution in [0.3, 0.4) is 0 Å². The second kappa shape index (κ2) is 8.63. The molecule has 1 N–H and O–H groups in total. The highest BCUT2D eigenvalue weighted by Gasteiger charge is 2.22. The van der Waals surface area contributed by atoms with Crippen molar-refractivity contribution in [3.8, 4) is 11.6 Å². The first-order valence-electron chi connectivity index (χ1n) is 7.90. The molecule has 2 aromatic heterocycles. The highest BCUT2D eigenvalue weighted by Crippen LogP contribution is 2.34. The smallest absolute Gasteiger partial charge is 0.341 e. The topological polar surface area (TPSA) is 107 Å². The molecule has 9 nitrogen and oxygen atoms in total. The third-order valence-electron chi connectivity index (χ3n) is 3.51. The summed E-state index contributed by atoms with van der Waals surface area (Å²) in [5, 5.41) is 8.83. The van der Waals surface area contributed by atoms with Crippen LogP contribution in [-0.4, -0.2) is 58.9 Å². The minimum Gasteiger partial charge on any atom is -0.479 e. The van der Waals surface area contributed by atoms with Crippen molar-refractivity contribution < 1.29 is 24.1 Å². The SMILES string of the molecule is O=C(O)COc1c(Cl)nc(N2CCOCC2)nc1OCc1cccnc1. The Balaban J connectivity index is 1.85. The molecule has 138 valence electrons.